The van der Waals surface area contributed by atoms with Crippen LogP contribution in [0.5, 0.6) is 0 Å². The molecule has 104 valence electrons. The number of morpholine rings is 1. The Morgan fingerprint density at radius 3 is 2.68 bits per heavy atom. The van der Waals surface area contributed by atoms with Crippen LogP contribution in [0.1, 0.15) is 0 Å². The first-order chi connectivity index (χ1) is 9.05. The Kier molecular flexibility index (Phi) is 4.18. The van der Waals surface area contributed by atoms with Crippen LogP contribution in [0.2, 0.25) is 0 Å². The molecule has 1 aliphatic rings. The Morgan fingerprint density at radius 1 is 1.37 bits per heavy atom. The summed E-state index contributed by atoms with van der Waals surface area (Å²) in [6.45, 7) is 0.375. The molecule has 0 spiro atoms. The van der Waals surface area contributed by atoms with Gasteiger partial charge in [-0.05, 0) is 12.1 Å². The molecule has 0 aliphatic carbocycles. The zero-order valence-corrected chi connectivity index (χ0v) is 11.3. The Hall–Kier alpha value is -1.44. The van der Waals surface area contributed by atoms with Crippen molar-refractivity contribution in [2.75, 3.05) is 26.8 Å². The largest absolute Gasteiger partial charge is 0.467 e. The molecule has 1 atom stereocenters. The van der Waals surface area contributed by atoms with Gasteiger partial charge in [0, 0.05) is 6.54 Å². The summed E-state index contributed by atoms with van der Waals surface area (Å²) in [5.41, 5.74) is 0. The highest BCUT2D eigenvalue weighted by molar-refractivity contribution is 7.89. The van der Waals surface area contributed by atoms with Crippen LogP contribution < -0.4 is 0 Å². The molecule has 0 radical (unpaired) electrons. The molecule has 0 amide bonds. The van der Waals surface area contributed by atoms with E-state index < -0.39 is 22.1 Å². The number of methoxy groups -OCH3 is 1. The summed E-state index contributed by atoms with van der Waals surface area (Å²) in [6, 6.07) is 8.11. The first-order valence-electron chi connectivity index (χ1n) is 5.80. The van der Waals surface area contributed by atoms with E-state index in [1.54, 1.807) is 18.2 Å². The second kappa shape index (κ2) is 5.68. The molecule has 6 nitrogen and oxygen atoms in total. The first-order valence-corrected chi connectivity index (χ1v) is 7.24. The average molecular weight is 285 g/mol. The van der Waals surface area contributed by atoms with E-state index in [0.717, 1.165) is 0 Å². The first kappa shape index (κ1) is 14.0. The van der Waals surface area contributed by atoms with Crippen molar-refractivity contribution in [3.63, 3.8) is 0 Å². The molecule has 19 heavy (non-hydrogen) atoms. The van der Waals surface area contributed by atoms with Gasteiger partial charge in [-0.15, -0.1) is 0 Å². The maximum Gasteiger partial charge on any atom is 0.336 e. The van der Waals surface area contributed by atoms with Gasteiger partial charge in [-0.2, -0.15) is 4.31 Å². The highest BCUT2D eigenvalue weighted by atomic mass is 32.2. The van der Waals surface area contributed by atoms with Crippen LogP contribution in [-0.2, 0) is 24.3 Å². The predicted octanol–water partition coefficient (Wildman–Crippen LogP) is 0.249. The van der Waals surface area contributed by atoms with Crippen LogP contribution in [0.4, 0.5) is 0 Å². The van der Waals surface area contributed by atoms with Crippen molar-refractivity contribution in [3.8, 4) is 0 Å². The van der Waals surface area contributed by atoms with Crippen molar-refractivity contribution < 1.29 is 22.7 Å². The van der Waals surface area contributed by atoms with Gasteiger partial charge in [-0.3, -0.25) is 0 Å². The maximum absolute atomic E-state index is 12.4. The van der Waals surface area contributed by atoms with E-state index in [4.69, 9.17) is 4.74 Å². The van der Waals surface area contributed by atoms with E-state index >= 15 is 0 Å². The van der Waals surface area contributed by atoms with E-state index in [2.05, 4.69) is 4.74 Å². The molecular weight excluding hydrogens is 270 g/mol. The van der Waals surface area contributed by atoms with Crippen molar-refractivity contribution in [1.29, 1.82) is 0 Å². The third-order valence-electron chi connectivity index (χ3n) is 2.87. The zero-order chi connectivity index (χ0) is 13.9. The summed E-state index contributed by atoms with van der Waals surface area (Å²) >= 11 is 0. The molecule has 0 N–H and O–H groups in total. The average Bonchev–Trinajstić information content (AvgIpc) is 2.47. The van der Waals surface area contributed by atoms with Gasteiger partial charge in [0.2, 0.25) is 10.0 Å². The number of hydrogen-bond donors (Lipinski definition) is 0. The molecular formula is C12H15NO5S. The van der Waals surface area contributed by atoms with Crippen LogP contribution in [0.25, 0.3) is 0 Å². The number of rotatable bonds is 3. The van der Waals surface area contributed by atoms with Gasteiger partial charge in [0.25, 0.3) is 0 Å². The summed E-state index contributed by atoms with van der Waals surface area (Å²) < 4.78 is 35.7. The number of carbonyl (C=O) groups excluding carboxylic acids is 1. The van der Waals surface area contributed by atoms with Crippen LogP contribution in [0.15, 0.2) is 35.2 Å². The third-order valence-corrected chi connectivity index (χ3v) is 4.75. The van der Waals surface area contributed by atoms with E-state index in [1.165, 1.54) is 23.5 Å². The van der Waals surface area contributed by atoms with Gasteiger partial charge in [0.1, 0.15) is 0 Å². The van der Waals surface area contributed by atoms with Gasteiger partial charge in [0.05, 0.1) is 25.2 Å². The Bertz CT molecular complexity index is 542. The number of ether oxygens (including phenoxy) is 2. The summed E-state index contributed by atoms with van der Waals surface area (Å²) in [5, 5.41) is 0. The minimum absolute atomic E-state index is 0.0239. The van der Waals surface area contributed by atoms with Gasteiger partial charge in [0.15, 0.2) is 6.10 Å². The normalized spacial score (nSPS) is 21.0. The van der Waals surface area contributed by atoms with E-state index in [9.17, 15) is 13.2 Å². The minimum Gasteiger partial charge on any atom is -0.467 e. The molecule has 1 fully saturated rings. The van der Waals surface area contributed by atoms with Gasteiger partial charge in [-0.25, -0.2) is 13.2 Å². The van der Waals surface area contributed by atoms with E-state index in [1.807, 2.05) is 0 Å². The van der Waals surface area contributed by atoms with Crippen molar-refractivity contribution in [2.45, 2.75) is 11.0 Å². The number of benzene rings is 1. The maximum atomic E-state index is 12.4. The summed E-state index contributed by atoms with van der Waals surface area (Å²) in [7, 11) is -2.34. The molecule has 7 heteroatoms. The smallest absolute Gasteiger partial charge is 0.336 e. The molecule has 0 bridgehead atoms. The summed E-state index contributed by atoms with van der Waals surface area (Å²) in [5.74, 6) is -0.562. The molecule has 1 aromatic carbocycles. The molecule has 1 aromatic rings. The standard InChI is InChI=1S/C12H15NO5S/c1-17-12(14)11-9-13(7-8-18-11)19(15,16)10-5-3-2-4-6-10/h2-6,11H,7-9H2,1H3. The van der Waals surface area contributed by atoms with Crippen LogP contribution >= 0.6 is 0 Å². The van der Waals surface area contributed by atoms with Crippen molar-refractivity contribution in [1.82, 2.24) is 4.31 Å². The lowest BCUT2D eigenvalue weighted by molar-refractivity contribution is -0.157. The summed E-state index contributed by atoms with van der Waals surface area (Å²) in [6.07, 6.45) is -0.864. The van der Waals surface area contributed by atoms with Crippen molar-refractivity contribution >= 4 is 16.0 Å². The number of esters is 1. The number of carbonyl (C=O) groups is 1. The zero-order valence-electron chi connectivity index (χ0n) is 10.5. The number of nitrogens with zero attached hydrogens (tertiary/aromatic N) is 1. The highest BCUT2D eigenvalue weighted by Gasteiger charge is 2.34. The minimum atomic E-state index is -3.59. The predicted molar refractivity (Wildman–Crippen MR) is 67.0 cm³/mol. The SMILES string of the molecule is COC(=O)C1CN(S(=O)(=O)c2ccccc2)CCO1. The number of sulfonamides is 1. The lowest BCUT2D eigenvalue weighted by Gasteiger charge is -2.30. The Labute approximate surface area is 112 Å². The van der Waals surface area contributed by atoms with Gasteiger partial charge in [-0.1, -0.05) is 18.2 Å². The second-order valence-electron chi connectivity index (χ2n) is 4.06. The quantitative estimate of drug-likeness (QED) is 0.744. The Balaban J connectivity index is 2.20. The van der Waals surface area contributed by atoms with E-state index in [-0.39, 0.29) is 24.6 Å². The number of hydrogen-bond acceptors (Lipinski definition) is 5. The fraction of sp³-hybridized carbons (Fsp3) is 0.417. The fourth-order valence-electron chi connectivity index (χ4n) is 1.86. The van der Waals surface area contributed by atoms with Gasteiger partial charge < -0.3 is 9.47 Å². The van der Waals surface area contributed by atoms with Crippen LogP contribution in [0, 0.1) is 0 Å². The monoisotopic (exact) mass is 285 g/mol. The highest BCUT2D eigenvalue weighted by Crippen LogP contribution is 2.18. The Morgan fingerprint density at radius 2 is 2.05 bits per heavy atom. The summed E-state index contributed by atoms with van der Waals surface area (Å²) in [4.78, 5) is 11.6. The lowest BCUT2D eigenvalue weighted by atomic mass is 10.3. The molecule has 1 saturated heterocycles. The third kappa shape index (κ3) is 2.94. The van der Waals surface area contributed by atoms with Crippen molar-refractivity contribution in [3.05, 3.63) is 30.3 Å². The van der Waals surface area contributed by atoms with Gasteiger partial charge >= 0.3 is 5.97 Å². The second-order valence-corrected chi connectivity index (χ2v) is 6.00. The molecule has 2 rings (SSSR count). The lowest BCUT2D eigenvalue weighted by Crippen LogP contribution is -2.48. The fourth-order valence-corrected chi connectivity index (χ4v) is 3.31. The molecule has 0 aromatic heterocycles. The topological polar surface area (TPSA) is 72.9 Å². The van der Waals surface area contributed by atoms with Crippen LogP contribution in [-0.4, -0.2) is 51.6 Å². The molecule has 1 aliphatic heterocycles. The van der Waals surface area contributed by atoms with E-state index in [0.29, 0.717) is 0 Å². The molecule has 0 saturated carbocycles. The molecule has 1 unspecified atom stereocenters. The van der Waals surface area contributed by atoms with Crippen LogP contribution in [0.3, 0.4) is 0 Å². The van der Waals surface area contributed by atoms with Crippen molar-refractivity contribution in [2.24, 2.45) is 0 Å². The molecule has 1 heterocycles.